The van der Waals surface area contributed by atoms with Crippen LogP contribution < -0.4 is 4.74 Å². The third kappa shape index (κ3) is 1.83. The molecule has 1 aromatic rings. The monoisotopic (exact) mass is 206 g/mol. The minimum Gasteiger partial charge on any atom is -0.508 e. The molecule has 3 heteroatoms. The van der Waals surface area contributed by atoms with Gasteiger partial charge in [-0.25, -0.2) is 0 Å². The Balaban J connectivity index is 2.31. The zero-order valence-corrected chi connectivity index (χ0v) is 8.44. The van der Waals surface area contributed by atoms with Crippen LogP contribution in [0.5, 0.6) is 11.5 Å². The van der Waals surface area contributed by atoms with Gasteiger partial charge in [-0.05, 0) is 18.6 Å². The molecule has 1 heterocycles. The number of aliphatic hydroxyl groups excluding tert-OH is 1. The van der Waals surface area contributed by atoms with E-state index in [-0.39, 0.29) is 18.5 Å². The lowest BCUT2D eigenvalue weighted by molar-refractivity contribution is 0.134. The molecule has 1 aliphatic heterocycles. The molecule has 1 aromatic carbocycles. The van der Waals surface area contributed by atoms with Crippen LogP contribution in [0.1, 0.15) is 11.1 Å². The third-order valence-corrected chi connectivity index (χ3v) is 2.57. The molecule has 1 atom stereocenters. The number of aromatic hydroxyl groups is 1. The Bertz CT molecular complexity index is 385. The Morgan fingerprint density at radius 3 is 3.00 bits per heavy atom. The summed E-state index contributed by atoms with van der Waals surface area (Å²) in [4.78, 5) is 0. The molecular formula is C12H14O3. The van der Waals surface area contributed by atoms with Crippen molar-refractivity contribution in [3.8, 4) is 11.5 Å². The van der Waals surface area contributed by atoms with Crippen LogP contribution in [0.25, 0.3) is 0 Å². The molecule has 0 radical (unpaired) electrons. The SMILES string of the molecule is C=CCc1cc2c(cc1O)CC(CO)O2. The largest absolute Gasteiger partial charge is 0.508 e. The van der Waals surface area contributed by atoms with Crippen molar-refractivity contribution < 1.29 is 14.9 Å². The van der Waals surface area contributed by atoms with Gasteiger partial charge in [0.25, 0.3) is 0 Å². The van der Waals surface area contributed by atoms with E-state index in [1.807, 2.05) is 6.07 Å². The molecule has 80 valence electrons. The predicted molar refractivity (Wildman–Crippen MR) is 57.2 cm³/mol. The summed E-state index contributed by atoms with van der Waals surface area (Å²) >= 11 is 0. The molecule has 15 heavy (non-hydrogen) atoms. The van der Waals surface area contributed by atoms with Crippen LogP contribution in [-0.2, 0) is 12.8 Å². The van der Waals surface area contributed by atoms with Crippen molar-refractivity contribution in [1.29, 1.82) is 0 Å². The zero-order valence-electron chi connectivity index (χ0n) is 8.44. The molecule has 2 N–H and O–H groups in total. The Hall–Kier alpha value is -1.48. The lowest BCUT2D eigenvalue weighted by Gasteiger charge is -2.07. The van der Waals surface area contributed by atoms with Crippen molar-refractivity contribution in [3.05, 3.63) is 35.9 Å². The van der Waals surface area contributed by atoms with Gasteiger partial charge in [-0.1, -0.05) is 6.08 Å². The molecule has 2 rings (SSSR count). The number of benzene rings is 1. The van der Waals surface area contributed by atoms with Gasteiger partial charge in [-0.2, -0.15) is 0 Å². The highest BCUT2D eigenvalue weighted by atomic mass is 16.5. The molecule has 0 saturated heterocycles. The van der Waals surface area contributed by atoms with Crippen molar-refractivity contribution in [2.75, 3.05) is 6.61 Å². The molecule has 1 unspecified atom stereocenters. The van der Waals surface area contributed by atoms with Crippen molar-refractivity contribution in [2.45, 2.75) is 18.9 Å². The lowest BCUT2D eigenvalue weighted by atomic mass is 10.0. The van der Waals surface area contributed by atoms with Gasteiger partial charge < -0.3 is 14.9 Å². The fourth-order valence-corrected chi connectivity index (χ4v) is 1.81. The summed E-state index contributed by atoms with van der Waals surface area (Å²) in [7, 11) is 0. The maximum Gasteiger partial charge on any atom is 0.126 e. The predicted octanol–water partition coefficient (Wildman–Crippen LogP) is 1.42. The van der Waals surface area contributed by atoms with Gasteiger partial charge in [0.2, 0.25) is 0 Å². The summed E-state index contributed by atoms with van der Waals surface area (Å²) in [5.41, 5.74) is 1.77. The number of hydrogen-bond donors (Lipinski definition) is 2. The minimum absolute atomic E-state index is 0.00618. The second-order valence-corrected chi connectivity index (χ2v) is 3.71. The van der Waals surface area contributed by atoms with Crippen LogP contribution >= 0.6 is 0 Å². The third-order valence-electron chi connectivity index (χ3n) is 2.57. The van der Waals surface area contributed by atoms with E-state index in [1.54, 1.807) is 12.1 Å². The number of fused-ring (bicyclic) bond motifs is 1. The Kier molecular flexibility index (Phi) is 2.64. The zero-order chi connectivity index (χ0) is 10.8. The first-order chi connectivity index (χ1) is 7.24. The van der Waals surface area contributed by atoms with Crippen LogP contribution in [0, 0.1) is 0 Å². The van der Waals surface area contributed by atoms with Gasteiger partial charge in [-0.3, -0.25) is 0 Å². The fraction of sp³-hybridized carbons (Fsp3) is 0.333. The molecule has 0 saturated carbocycles. The molecule has 1 aliphatic rings. The minimum atomic E-state index is -0.168. The second kappa shape index (κ2) is 3.95. The maximum atomic E-state index is 9.70. The molecule has 0 amide bonds. The quantitative estimate of drug-likeness (QED) is 0.735. The van der Waals surface area contributed by atoms with E-state index in [0.717, 1.165) is 16.9 Å². The molecule has 0 aliphatic carbocycles. The number of aliphatic hydroxyl groups is 1. The first-order valence-electron chi connectivity index (χ1n) is 4.97. The van der Waals surface area contributed by atoms with E-state index in [1.165, 1.54) is 0 Å². The van der Waals surface area contributed by atoms with Gasteiger partial charge in [0.1, 0.15) is 17.6 Å². The van der Waals surface area contributed by atoms with E-state index < -0.39 is 0 Å². The lowest BCUT2D eigenvalue weighted by Crippen LogP contribution is -2.17. The Morgan fingerprint density at radius 1 is 1.53 bits per heavy atom. The van der Waals surface area contributed by atoms with Gasteiger partial charge in [-0.15, -0.1) is 6.58 Å². The summed E-state index contributed by atoms with van der Waals surface area (Å²) in [6.45, 7) is 3.64. The highest BCUT2D eigenvalue weighted by Crippen LogP contribution is 2.34. The molecular weight excluding hydrogens is 192 g/mol. The van der Waals surface area contributed by atoms with Crippen molar-refractivity contribution in [1.82, 2.24) is 0 Å². The normalized spacial score (nSPS) is 18.3. The standard InChI is InChI=1S/C12H14O3/c1-2-3-8-6-12-9(5-11(8)14)4-10(7-13)15-12/h2,5-6,10,13-14H,1,3-4,7H2. The van der Waals surface area contributed by atoms with E-state index >= 15 is 0 Å². The summed E-state index contributed by atoms with van der Waals surface area (Å²) in [6, 6.07) is 3.53. The van der Waals surface area contributed by atoms with E-state index in [2.05, 4.69) is 6.58 Å². The number of phenols is 1. The number of hydrogen-bond acceptors (Lipinski definition) is 3. The first-order valence-corrected chi connectivity index (χ1v) is 4.97. The van der Waals surface area contributed by atoms with Crippen LogP contribution in [0.2, 0.25) is 0 Å². The fourth-order valence-electron chi connectivity index (χ4n) is 1.81. The van der Waals surface area contributed by atoms with Crippen LogP contribution in [-0.4, -0.2) is 22.9 Å². The summed E-state index contributed by atoms with van der Waals surface area (Å²) in [6.07, 6.45) is 2.85. The van der Waals surface area contributed by atoms with Crippen molar-refractivity contribution >= 4 is 0 Å². The number of allylic oxidation sites excluding steroid dienone is 1. The van der Waals surface area contributed by atoms with Crippen LogP contribution in [0.4, 0.5) is 0 Å². The molecule has 3 nitrogen and oxygen atoms in total. The topological polar surface area (TPSA) is 49.7 Å². The highest BCUT2D eigenvalue weighted by Gasteiger charge is 2.23. The van der Waals surface area contributed by atoms with Crippen LogP contribution in [0.15, 0.2) is 24.8 Å². The number of phenolic OH excluding ortho intramolecular Hbond substituents is 1. The Labute approximate surface area is 88.6 Å². The van der Waals surface area contributed by atoms with E-state index in [9.17, 15) is 5.11 Å². The molecule has 0 aromatic heterocycles. The summed E-state index contributed by atoms with van der Waals surface area (Å²) in [5, 5.41) is 18.7. The maximum absolute atomic E-state index is 9.70. The number of rotatable bonds is 3. The molecule has 0 fully saturated rings. The molecule has 0 spiro atoms. The highest BCUT2D eigenvalue weighted by molar-refractivity contribution is 5.48. The number of ether oxygens (including phenoxy) is 1. The van der Waals surface area contributed by atoms with Crippen molar-refractivity contribution in [2.24, 2.45) is 0 Å². The van der Waals surface area contributed by atoms with Gasteiger partial charge >= 0.3 is 0 Å². The second-order valence-electron chi connectivity index (χ2n) is 3.71. The van der Waals surface area contributed by atoms with E-state index in [4.69, 9.17) is 9.84 Å². The smallest absolute Gasteiger partial charge is 0.126 e. The van der Waals surface area contributed by atoms with E-state index in [0.29, 0.717) is 12.8 Å². The summed E-state index contributed by atoms with van der Waals surface area (Å²) in [5.74, 6) is 1.04. The van der Waals surface area contributed by atoms with Gasteiger partial charge in [0.05, 0.1) is 6.61 Å². The Morgan fingerprint density at radius 2 is 2.33 bits per heavy atom. The average Bonchev–Trinajstić information content (AvgIpc) is 2.61. The van der Waals surface area contributed by atoms with Gasteiger partial charge in [0, 0.05) is 17.5 Å². The average molecular weight is 206 g/mol. The molecule has 0 bridgehead atoms. The first kappa shape index (κ1) is 10.1. The van der Waals surface area contributed by atoms with Crippen LogP contribution in [0.3, 0.4) is 0 Å². The van der Waals surface area contributed by atoms with Crippen molar-refractivity contribution in [3.63, 3.8) is 0 Å². The summed E-state index contributed by atoms with van der Waals surface area (Å²) < 4.78 is 5.50. The van der Waals surface area contributed by atoms with Gasteiger partial charge in [0.15, 0.2) is 0 Å².